The second-order valence-electron chi connectivity index (χ2n) is 2.78. The highest BCUT2D eigenvalue weighted by Gasteiger charge is 1.91. The molecule has 0 aliphatic rings. The topological polar surface area (TPSA) is 0 Å². The van der Waals surface area contributed by atoms with Crippen molar-refractivity contribution in [2.24, 2.45) is 0 Å². The average Bonchev–Trinajstić information content (AvgIpc) is 2.04. The van der Waals surface area contributed by atoms with Gasteiger partial charge >= 0.3 is 0 Å². The predicted molar refractivity (Wildman–Crippen MR) is 45.5 cm³/mol. The average molecular weight is 152 g/mol. The maximum absolute atomic E-state index is 11.8. The number of benzene rings is 1. The van der Waals surface area contributed by atoms with Crippen LogP contribution >= 0.6 is 0 Å². The zero-order valence-electron chi connectivity index (χ0n) is 6.81. The van der Waals surface area contributed by atoms with Crippen LogP contribution in [0.1, 0.15) is 17.5 Å². The summed E-state index contributed by atoms with van der Waals surface area (Å²) in [7, 11) is 0. The Balaban J connectivity index is 2.52. The van der Waals surface area contributed by atoms with E-state index in [1.54, 1.807) is 0 Å². The minimum absolute atomic E-state index is 0.214. The molecule has 0 atom stereocenters. The Morgan fingerprint density at radius 2 is 1.82 bits per heavy atom. The van der Waals surface area contributed by atoms with E-state index in [1.165, 1.54) is 11.1 Å². The van der Waals surface area contributed by atoms with Gasteiger partial charge < -0.3 is 0 Å². The highest BCUT2D eigenvalue weighted by Crippen LogP contribution is 2.05. The third-order valence-electron chi connectivity index (χ3n) is 1.72. The molecule has 0 aromatic heterocycles. The van der Waals surface area contributed by atoms with E-state index in [9.17, 15) is 4.39 Å². The molecule has 0 bridgehead atoms. The van der Waals surface area contributed by atoms with E-state index in [1.807, 2.05) is 0 Å². The van der Waals surface area contributed by atoms with Gasteiger partial charge in [-0.05, 0) is 25.3 Å². The van der Waals surface area contributed by atoms with Crippen LogP contribution in [0.4, 0.5) is 4.39 Å². The summed E-state index contributed by atoms with van der Waals surface area (Å²) in [6.07, 6.45) is 1.50. The van der Waals surface area contributed by atoms with Crippen molar-refractivity contribution in [3.8, 4) is 0 Å². The van der Waals surface area contributed by atoms with Crippen LogP contribution < -0.4 is 0 Å². The maximum atomic E-state index is 11.8. The molecule has 0 nitrogen and oxygen atoms in total. The van der Waals surface area contributed by atoms with Crippen LogP contribution in [-0.4, -0.2) is 6.67 Å². The van der Waals surface area contributed by atoms with Crippen LogP contribution in [-0.2, 0) is 6.42 Å². The van der Waals surface area contributed by atoms with Gasteiger partial charge in [0.15, 0.2) is 0 Å². The van der Waals surface area contributed by atoms with Gasteiger partial charge in [0, 0.05) is 0 Å². The van der Waals surface area contributed by atoms with Gasteiger partial charge in [-0.1, -0.05) is 29.8 Å². The maximum Gasteiger partial charge on any atom is 0.0897 e. The third kappa shape index (κ3) is 2.71. The summed E-state index contributed by atoms with van der Waals surface area (Å²) >= 11 is 0. The fourth-order valence-corrected chi connectivity index (χ4v) is 1.03. The highest BCUT2D eigenvalue weighted by atomic mass is 19.1. The Morgan fingerprint density at radius 1 is 1.18 bits per heavy atom. The molecule has 0 saturated heterocycles. The SMILES string of the molecule is Cc1ccc(CCCF)cc1. The van der Waals surface area contributed by atoms with Crippen LogP contribution in [0, 0.1) is 6.92 Å². The first-order chi connectivity index (χ1) is 5.33. The molecule has 0 N–H and O–H groups in total. The Hall–Kier alpha value is -0.850. The van der Waals surface area contributed by atoms with Crippen molar-refractivity contribution < 1.29 is 4.39 Å². The molecule has 1 aromatic carbocycles. The number of halogens is 1. The van der Waals surface area contributed by atoms with Crippen LogP contribution in [0.5, 0.6) is 0 Å². The molecule has 1 aromatic rings. The molecule has 0 aliphatic carbocycles. The highest BCUT2D eigenvalue weighted by molar-refractivity contribution is 5.21. The summed E-state index contributed by atoms with van der Waals surface area (Å²) in [6, 6.07) is 8.25. The van der Waals surface area contributed by atoms with Crippen molar-refractivity contribution in [2.75, 3.05) is 6.67 Å². The first-order valence-electron chi connectivity index (χ1n) is 3.94. The number of alkyl halides is 1. The van der Waals surface area contributed by atoms with Crippen molar-refractivity contribution in [3.63, 3.8) is 0 Å². The van der Waals surface area contributed by atoms with Crippen molar-refractivity contribution in [3.05, 3.63) is 35.4 Å². The number of hydrogen-bond donors (Lipinski definition) is 0. The molecule has 0 heterocycles. The van der Waals surface area contributed by atoms with Gasteiger partial charge in [0.25, 0.3) is 0 Å². The Morgan fingerprint density at radius 3 is 2.36 bits per heavy atom. The predicted octanol–water partition coefficient (Wildman–Crippen LogP) is 2.90. The zero-order chi connectivity index (χ0) is 8.10. The van der Waals surface area contributed by atoms with Crippen molar-refractivity contribution in [1.29, 1.82) is 0 Å². The van der Waals surface area contributed by atoms with E-state index >= 15 is 0 Å². The van der Waals surface area contributed by atoms with Gasteiger partial charge in [0.1, 0.15) is 0 Å². The second-order valence-corrected chi connectivity index (χ2v) is 2.78. The molecular formula is C10H13F. The van der Waals surface area contributed by atoms with Crippen molar-refractivity contribution in [1.82, 2.24) is 0 Å². The minimum atomic E-state index is -0.214. The summed E-state index contributed by atoms with van der Waals surface area (Å²) in [5, 5.41) is 0. The molecule has 0 unspecified atom stereocenters. The van der Waals surface area contributed by atoms with E-state index in [-0.39, 0.29) is 6.67 Å². The molecule has 11 heavy (non-hydrogen) atoms. The van der Waals surface area contributed by atoms with Gasteiger partial charge in [0.2, 0.25) is 0 Å². The van der Waals surface area contributed by atoms with Gasteiger partial charge in [0.05, 0.1) is 6.67 Å². The molecule has 0 fully saturated rings. The third-order valence-corrected chi connectivity index (χ3v) is 1.72. The molecule has 0 amide bonds. The lowest BCUT2D eigenvalue weighted by Gasteiger charge is -1.98. The second kappa shape index (κ2) is 4.12. The zero-order valence-corrected chi connectivity index (χ0v) is 6.81. The Bertz CT molecular complexity index is 201. The van der Waals surface area contributed by atoms with E-state index in [0.717, 1.165) is 6.42 Å². The van der Waals surface area contributed by atoms with Crippen LogP contribution in [0.25, 0.3) is 0 Å². The summed E-state index contributed by atoms with van der Waals surface area (Å²) in [5.41, 5.74) is 2.49. The Labute approximate surface area is 67.1 Å². The number of aryl methyl sites for hydroxylation is 2. The van der Waals surface area contributed by atoms with E-state index in [2.05, 4.69) is 31.2 Å². The fourth-order valence-electron chi connectivity index (χ4n) is 1.03. The first-order valence-corrected chi connectivity index (χ1v) is 3.94. The van der Waals surface area contributed by atoms with Crippen molar-refractivity contribution >= 4 is 0 Å². The minimum Gasteiger partial charge on any atom is -0.251 e. The molecule has 0 aliphatic heterocycles. The van der Waals surface area contributed by atoms with E-state index < -0.39 is 0 Å². The Kier molecular flexibility index (Phi) is 3.09. The lowest BCUT2D eigenvalue weighted by atomic mass is 10.1. The van der Waals surface area contributed by atoms with Crippen LogP contribution in [0.3, 0.4) is 0 Å². The van der Waals surface area contributed by atoms with Crippen LogP contribution in [0.15, 0.2) is 24.3 Å². The van der Waals surface area contributed by atoms with Gasteiger partial charge in [-0.15, -0.1) is 0 Å². The molecule has 0 saturated carbocycles. The quantitative estimate of drug-likeness (QED) is 0.624. The molecule has 0 radical (unpaired) electrons. The first kappa shape index (κ1) is 8.25. The summed E-state index contributed by atoms with van der Waals surface area (Å²) in [4.78, 5) is 0. The number of rotatable bonds is 3. The largest absolute Gasteiger partial charge is 0.251 e. The summed E-state index contributed by atoms with van der Waals surface area (Å²) < 4.78 is 11.8. The summed E-state index contributed by atoms with van der Waals surface area (Å²) in [5.74, 6) is 0. The lowest BCUT2D eigenvalue weighted by molar-refractivity contribution is 0.473. The molecule has 1 heteroatoms. The molecule has 1 rings (SSSR count). The van der Waals surface area contributed by atoms with E-state index in [4.69, 9.17) is 0 Å². The summed E-state index contributed by atoms with van der Waals surface area (Å²) in [6.45, 7) is 1.84. The van der Waals surface area contributed by atoms with Gasteiger partial charge in [-0.2, -0.15) is 0 Å². The van der Waals surface area contributed by atoms with Gasteiger partial charge in [-0.3, -0.25) is 4.39 Å². The van der Waals surface area contributed by atoms with Crippen molar-refractivity contribution in [2.45, 2.75) is 19.8 Å². The van der Waals surface area contributed by atoms with E-state index in [0.29, 0.717) is 6.42 Å². The monoisotopic (exact) mass is 152 g/mol. The van der Waals surface area contributed by atoms with Crippen LogP contribution in [0.2, 0.25) is 0 Å². The molecule has 60 valence electrons. The van der Waals surface area contributed by atoms with Gasteiger partial charge in [-0.25, -0.2) is 0 Å². The lowest BCUT2D eigenvalue weighted by Crippen LogP contribution is -1.85. The molecule has 0 spiro atoms. The molecular weight excluding hydrogens is 139 g/mol. The fraction of sp³-hybridized carbons (Fsp3) is 0.400. The number of hydrogen-bond acceptors (Lipinski definition) is 0. The standard InChI is InChI=1S/C10H13F/c1-9-4-6-10(7-5-9)3-2-8-11/h4-7H,2-3,8H2,1H3. The normalized spacial score (nSPS) is 10.0. The smallest absolute Gasteiger partial charge is 0.0897 e.